The third kappa shape index (κ3) is 3.66. The molecule has 1 heterocycles. The van der Waals surface area contributed by atoms with Crippen LogP contribution in [0.25, 0.3) is 0 Å². The van der Waals surface area contributed by atoms with Crippen molar-refractivity contribution in [1.29, 1.82) is 0 Å². The van der Waals surface area contributed by atoms with E-state index in [1.165, 1.54) is 6.20 Å². The van der Waals surface area contributed by atoms with Crippen LogP contribution < -0.4 is 10.0 Å². The second kappa shape index (κ2) is 6.49. The lowest BCUT2D eigenvalue weighted by molar-refractivity contribution is 0.380. The fraction of sp³-hybridized carbons (Fsp3) is 0.250. The Morgan fingerprint density at radius 3 is 2.70 bits per heavy atom. The molecule has 2 N–H and O–H groups in total. The normalized spacial score (nSPS) is 11.7. The van der Waals surface area contributed by atoms with E-state index < -0.39 is 10.0 Å². The van der Waals surface area contributed by atoms with Crippen LogP contribution in [0.5, 0.6) is 0 Å². The predicted octanol–water partition coefficient (Wildman–Crippen LogP) is 1.63. The van der Waals surface area contributed by atoms with Crippen molar-refractivity contribution >= 4 is 26.0 Å². The second-order valence-corrected chi connectivity index (χ2v) is 6.69. The van der Waals surface area contributed by atoms with E-state index in [0.717, 1.165) is 5.56 Å². The van der Waals surface area contributed by atoms with Crippen LogP contribution in [0.4, 0.5) is 0 Å². The monoisotopic (exact) mass is 359 g/mol. The molecular weight excluding hydrogens is 346 g/mol. The van der Waals surface area contributed by atoms with Gasteiger partial charge in [-0.05, 0) is 40.7 Å². The summed E-state index contributed by atoms with van der Waals surface area (Å²) in [6, 6.07) is 6.72. The fourth-order valence-electron chi connectivity index (χ4n) is 1.65. The van der Waals surface area contributed by atoms with Crippen LogP contribution in [-0.2, 0) is 23.1 Å². The molecule has 20 heavy (non-hydrogen) atoms. The van der Waals surface area contributed by atoms with Crippen LogP contribution in [0.2, 0.25) is 0 Å². The zero-order chi connectivity index (χ0) is 14.6. The molecule has 0 radical (unpaired) electrons. The zero-order valence-corrected chi connectivity index (χ0v) is 13.2. The molecule has 8 heteroatoms. The number of nitrogens with zero attached hydrogens (tertiary/aromatic N) is 1. The Labute approximate surface area is 125 Å². The van der Waals surface area contributed by atoms with Gasteiger partial charge in [0.05, 0.1) is 17.6 Å². The smallest absolute Gasteiger partial charge is 0.242 e. The molecule has 0 aliphatic carbocycles. The predicted molar refractivity (Wildman–Crippen MR) is 77.4 cm³/mol. The van der Waals surface area contributed by atoms with Gasteiger partial charge in [0.25, 0.3) is 0 Å². The Bertz CT molecular complexity index is 671. The Hall–Kier alpha value is -1.22. The van der Waals surface area contributed by atoms with E-state index in [4.69, 9.17) is 4.52 Å². The highest BCUT2D eigenvalue weighted by Gasteiger charge is 2.18. The van der Waals surface area contributed by atoms with E-state index >= 15 is 0 Å². The minimum absolute atomic E-state index is 0.0625. The maximum absolute atomic E-state index is 12.2. The van der Waals surface area contributed by atoms with Gasteiger partial charge in [0.1, 0.15) is 0 Å². The second-order valence-electron chi connectivity index (χ2n) is 4.10. The topological polar surface area (TPSA) is 84.2 Å². The highest BCUT2D eigenvalue weighted by molar-refractivity contribution is 9.10. The van der Waals surface area contributed by atoms with Crippen molar-refractivity contribution in [3.8, 4) is 0 Å². The van der Waals surface area contributed by atoms with Crippen LogP contribution in [-0.4, -0.2) is 20.6 Å². The zero-order valence-electron chi connectivity index (χ0n) is 10.8. The Kier molecular flexibility index (Phi) is 4.92. The summed E-state index contributed by atoms with van der Waals surface area (Å²) >= 11 is 3.29. The molecule has 0 unspecified atom stereocenters. The van der Waals surface area contributed by atoms with Gasteiger partial charge < -0.3 is 9.84 Å². The molecule has 2 aromatic rings. The maximum Gasteiger partial charge on any atom is 0.242 e. The van der Waals surface area contributed by atoms with Crippen molar-refractivity contribution in [3.63, 3.8) is 0 Å². The molecule has 108 valence electrons. The first-order valence-corrected chi connectivity index (χ1v) is 8.13. The van der Waals surface area contributed by atoms with Gasteiger partial charge >= 0.3 is 0 Å². The maximum atomic E-state index is 12.2. The summed E-state index contributed by atoms with van der Waals surface area (Å²) in [6.07, 6.45) is 1.46. The number of halogens is 1. The summed E-state index contributed by atoms with van der Waals surface area (Å²) in [6.45, 7) is 0.734. The molecule has 0 saturated heterocycles. The van der Waals surface area contributed by atoms with Gasteiger partial charge in [-0.1, -0.05) is 11.2 Å². The van der Waals surface area contributed by atoms with Crippen molar-refractivity contribution < 1.29 is 12.9 Å². The molecule has 0 aliphatic heterocycles. The molecule has 0 bridgehead atoms. The third-order valence-corrected chi connectivity index (χ3v) is 4.97. The summed E-state index contributed by atoms with van der Waals surface area (Å²) < 4.78 is 32.2. The highest BCUT2D eigenvalue weighted by atomic mass is 79.9. The van der Waals surface area contributed by atoms with E-state index in [1.54, 1.807) is 24.3 Å². The van der Waals surface area contributed by atoms with Crippen LogP contribution in [0.15, 0.2) is 44.4 Å². The standard InChI is InChI=1S/C12H14BrN3O3S/c1-14-7-9-2-3-12(11(13)6-9)20(17,18)16-8-10-4-5-15-19-10/h2-6,14,16H,7-8H2,1H3. The van der Waals surface area contributed by atoms with Gasteiger partial charge in [-0.2, -0.15) is 0 Å². The average molecular weight is 360 g/mol. The summed E-state index contributed by atoms with van der Waals surface area (Å²) in [5.41, 5.74) is 0.994. The highest BCUT2D eigenvalue weighted by Crippen LogP contribution is 2.23. The van der Waals surface area contributed by atoms with Gasteiger partial charge in [-0.15, -0.1) is 0 Å². The molecule has 0 aliphatic rings. The van der Waals surface area contributed by atoms with E-state index in [9.17, 15) is 8.42 Å². The number of benzene rings is 1. The van der Waals surface area contributed by atoms with Gasteiger partial charge in [0.2, 0.25) is 10.0 Å². The molecule has 0 atom stereocenters. The van der Waals surface area contributed by atoms with Crippen molar-refractivity contribution in [3.05, 3.63) is 46.3 Å². The van der Waals surface area contributed by atoms with Crippen LogP contribution in [0.3, 0.4) is 0 Å². The quantitative estimate of drug-likeness (QED) is 0.818. The number of nitrogens with one attached hydrogen (secondary N) is 2. The summed E-state index contributed by atoms with van der Waals surface area (Å²) in [4.78, 5) is 0.192. The van der Waals surface area contributed by atoms with Crippen LogP contribution >= 0.6 is 15.9 Å². The fourth-order valence-corrected chi connectivity index (χ4v) is 3.77. The molecule has 6 nitrogen and oxygen atoms in total. The first-order valence-electron chi connectivity index (χ1n) is 5.85. The summed E-state index contributed by atoms with van der Waals surface area (Å²) in [7, 11) is -1.77. The van der Waals surface area contributed by atoms with E-state index in [-0.39, 0.29) is 11.4 Å². The lowest BCUT2D eigenvalue weighted by atomic mass is 10.2. The Morgan fingerprint density at radius 1 is 1.30 bits per heavy atom. The number of sulfonamides is 1. The summed E-state index contributed by atoms with van der Waals surface area (Å²) in [5.74, 6) is 0.455. The number of hydrogen-bond acceptors (Lipinski definition) is 5. The SMILES string of the molecule is CNCc1ccc(S(=O)(=O)NCc2ccno2)c(Br)c1. The molecule has 0 saturated carbocycles. The molecule has 2 rings (SSSR count). The Balaban J connectivity index is 2.16. The number of aromatic nitrogens is 1. The van der Waals surface area contributed by atoms with Crippen molar-refractivity contribution in [2.75, 3.05) is 7.05 Å². The molecule has 1 aromatic carbocycles. The molecule has 0 amide bonds. The van der Waals surface area contributed by atoms with Crippen molar-refractivity contribution in [1.82, 2.24) is 15.2 Å². The molecule has 0 fully saturated rings. The van der Waals surface area contributed by atoms with Crippen molar-refractivity contribution in [2.24, 2.45) is 0 Å². The molecule has 0 spiro atoms. The third-order valence-electron chi connectivity index (χ3n) is 2.59. The van der Waals surface area contributed by atoms with Gasteiger partial charge in [-0.3, -0.25) is 0 Å². The van der Waals surface area contributed by atoms with E-state index in [1.807, 2.05) is 7.05 Å². The summed E-state index contributed by atoms with van der Waals surface area (Å²) in [5, 5.41) is 6.53. The molecule has 1 aromatic heterocycles. The first-order chi connectivity index (χ1) is 9.53. The van der Waals surface area contributed by atoms with E-state index in [2.05, 4.69) is 31.1 Å². The van der Waals surface area contributed by atoms with Gasteiger partial charge in [0, 0.05) is 17.1 Å². The minimum atomic E-state index is -3.60. The van der Waals surface area contributed by atoms with Crippen LogP contribution in [0.1, 0.15) is 11.3 Å². The average Bonchev–Trinajstić information content (AvgIpc) is 2.90. The lowest BCUT2D eigenvalue weighted by Crippen LogP contribution is -2.23. The largest absolute Gasteiger partial charge is 0.360 e. The van der Waals surface area contributed by atoms with Gasteiger partial charge in [-0.25, -0.2) is 13.1 Å². The molecular formula is C12H14BrN3O3S. The minimum Gasteiger partial charge on any atom is -0.360 e. The van der Waals surface area contributed by atoms with E-state index in [0.29, 0.717) is 16.8 Å². The first kappa shape index (κ1) is 15.2. The lowest BCUT2D eigenvalue weighted by Gasteiger charge is -2.09. The number of hydrogen-bond donors (Lipinski definition) is 2. The Morgan fingerprint density at radius 2 is 2.10 bits per heavy atom. The van der Waals surface area contributed by atoms with Crippen LogP contribution in [0, 0.1) is 0 Å². The number of rotatable bonds is 6. The van der Waals surface area contributed by atoms with Gasteiger partial charge in [0.15, 0.2) is 5.76 Å². The van der Waals surface area contributed by atoms with Crippen molar-refractivity contribution in [2.45, 2.75) is 18.0 Å².